The maximum Gasteiger partial charge on any atom is 0.150 e. The Labute approximate surface area is 110 Å². The highest BCUT2D eigenvalue weighted by Gasteiger charge is 2.07. The highest BCUT2D eigenvalue weighted by Crippen LogP contribution is 2.16. The van der Waals surface area contributed by atoms with E-state index in [1.165, 1.54) is 0 Å². The molecule has 0 fully saturated rings. The average Bonchev–Trinajstić information content (AvgIpc) is 2.76. The number of aldehydes is 1. The third kappa shape index (κ3) is 2.12. The van der Waals surface area contributed by atoms with Crippen LogP contribution in [-0.2, 0) is 6.54 Å². The molecule has 4 nitrogen and oxygen atoms in total. The van der Waals surface area contributed by atoms with Crippen molar-refractivity contribution in [2.24, 2.45) is 0 Å². The minimum Gasteiger partial charge on any atom is -0.324 e. The standard InChI is InChI=1S/C15H13N3O/c1-11-17-14-8-16-7-6-15(14)18(11)9-12-2-4-13(10-19)5-3-12/h2-8,10H,9H2,1H3. The quantitative estimate of drug-likeness (QED) is 0.672. The van der Waals surface area contributed by atoms with E-state index < -0.39 is 0 Å². The van der Waals surface area contributed by atoms with Crippen molar-refractivity contribution >= 4 is 17.3 Å². The highest BCUT2D eigenvalue weighted by molar-refractivity contribution is 5.75. The molecule has 2 heterocycles. The zero-order valence-electron chi connectivity index (χ0n) is 10.6. The maximum atomic E-state index is 10.6. The number of hydrogen-bond donors (Lipinski definition) is 0. The number of rotatable bonds is 3. The molecular weight excluding hydrogens is 238 g/mol. The minimum atomic E-state index is 0.695. The fourth-order valence-electron chi connectivity index (χ4n) is 2.19. The summed E-state index contributed by atoms with van der Waals surface area (Å²) in [7, 11) is 0. The van der Waals surface area contributed by atoms with E-state index in [0.29, 0.717) is 5.56 Å². The van der Waals surface area contributed by atoms with E-state index in [1.54, 1.807) is 12.4 Å². The molecule has 2 aromatic heterocycles. The molecule has 0 saturated heterocycles. The van der Waals surface area contributed by atoms with Crippen LogP contribution in [0.1, 0.15) is 21.7 Å². The Bertz CT molecular complexity index is 729. The zero-order chi connectivity index (χ0) is 13.2. The first-order chi connectivity index (χ1) is 9.28. The van der Waals surface area contributed by atoms with Gasteiger partial charge in [0.05, 0.1) is 11.7 Å². The van der Waals surface area contributed by atoms with E-state index >= 15 is 0 Å². The zero-order valence-corrected chi connectivity index (χ0v) is 10.6. The first-order valence-corrected chi connectivity index (χ1v) is 6.09. The lowest BCUT2D eigenvalue weighted by molar-refractivity contribution is 0.112. The summed E-state index contributed by atoms with van der Waals surface area (Å²) >= 11 is 0. The summed E-state index contributed by atoms with van der Waals surface area (Å²) in [5, 5.41) is 0. The number of imidazole rings is 1. The maximum absolute atomic E-state index is 10.6. The minimum absolute atomic E-state index is 0.695. The number of nitrogens with zero attached hydrogens (tertiary/aromatic N) is 3. The summed E-state index contributed by atoms with van der Waals surface area (Å²) in [4.78, 5) is 19.2. The van der Waals surface area contributed by atoms with Crippen molar-refractivity contribution in [2.45, 2.75) is 13.5 Å². The number of pyridine rings is 1. The van der Waals surface area contributed by atoms with Gasteiger partial charge in [-0.3, -0.25) is 9.78 Å². The number of fused-ring (bicyclic) bond motifs is 1. The SMILES string of the molecule is Cc1nc2cnccc2n1Cc1ccc(C=O)cc1. The lowest BCUT2D eigenvalue weighted by Crippen LogP contribution is -2.02. The second kappa shape index (κ2) is 4.65. The molecule has 94 valence electrons. The van der Waals surface area contributed by atoms with Gasteiger partial charge in [-0.1, -0.05) is 24.3 Å². The first-order valence-electron chi connectivity index (χ1n) is 6.09. The van der Waals surface area contributed by atoms with Crippen LogP contribution in [0, 0.1) is 6.92 Å². The Morgan fingerprint density at radius 3 is 2.74 bits per heavy atom. The van der Waals surface area contributed by atoms with Crippen LogP contribution in [0.5, 0.6) is 0 Å². The van der Waals surface area contributed by atoms with E-state index in [0.717, 1.165) is 35.3 Å². The van der Waals surface area contributed by atoms with Crippen LogP contribution in [0.15, 0.2) is 42.7 Å². The molecule has 0 amide bonds. The predicted molar refractivity (Wildman–Crippen MR) is 73.2 cm³/mol. The lowest BCUT2D eigenvalue weighted by Gasteiger charge is -2.07. The third-order valence-corrected chi connectivity index (χ3v) is 3.20. The average molecular weight is 251 g/mol. The smallest absolute Gasteiger partial charge is 0.150 e. The Morgan fingerprint density at radius 1 is 1.21 bits per heavy atom. The van der Waals surface area contributed by atoms with Gasteiger partial charge in [-0.25, -0.2) is 4.98 Å². The molecule has 0 aliphatic carbocycles. The van der Waals surface area contributed by atoms with E-state index in [9.17, 15) is 4.79 Å². The van der Waals surface area contributed by atoms with Gasteiger partial charge in [0, 0.05) is 18.3 Å². The number of carbonyl (C=O) groups excluding carboxylic acids is 1. The Balaban J connectivity index is 2.00. The van der Waals surface area contributed by atoms with Crippen molar-refractivity contribution < 1.29 is 4.79 Å². The van der Waals surface area contributed by atoms with Gasteiger partial charge in [-0.15, -0.1) is 0 Å². The van der Waals surface area contributed by atoms with Crippen LogP contribution in [0.2, 0.25) is 0 Å². The first kappa shape index (κ1) is 11.6. The van der Waals surface area contributed by atoms with Crippen molar-refractivity contribution in [3.05, 3.63) is 59.7 Å². The molecule has 0 N–H and O–H groups in total. The molecular formula is C15H13N3O. The van der Waals surface area contributed by atoms with E-state index in [4.69, 9.17) is 0 Å². The van der Waals surface area contributed by atoms with Crippen LogP contribution in [-0.4, -0.2) is 20.8 Å². The summed E-state index contributed by atoms with van der Waals surface area (Å²) in [6.07, 6.45) is 4.40. The topological polar surface area (TPSA) is 47.8 Å². The Morgan fingerprint density at radius 2 is 2.00 bits per heavy atom. The second-order valence-corrected chi connectivity index (χ2v) is 4.47. The molecule has 0 saturated carbocycles. The number of hydrogen-bond acceptors (Lipinski definition) is 3. The Kier molecular flexibility index (Phi) is 2.83. The van der Waals surface area contributed by atoms with Crippen molar-refractivity contribution in [3.63, 3.8) is 0 Å². The van der Waals surface area contributed by atoms with Crippen molar-refractivity contribution in [1.82, 2.24) is 14.5 Å². The normalized spacial score (nSPS) is 10.8. The highest BCUT2D eigenvalue weighted by atomic mass is 16.1. The molecule has 0 radical (unpaired) electrons. The van der Waals surface area contributed by atoms with Crippen molar-refractivity contribution in [1.29, 1.82) is 0 Å². The molecule has 3 rings (SSSR count). The fourth-order valence-corrected chi connectivity index (χ4v) is 2.19. The summed E-state index contributed by atoms with van der Waals surface area (Å²) < 4.78 is 2.15. The predicted octanol–water partition coefficient (Wildman–Crippen LogP) is 2.60. The number of carbonyl (C=O) groups is 1. The van der Waals surface area contributed by atoms with E-state index in [2.05, 4.69) is 14.5 Å². The lowest BCUT2D eigenvalue weighted by atomic mass is 10.1. The van der Waals surface area contributed by atoms with Gasteiger partial charge in [0.25, 0.3) is 0 Å². The molecule has 19 heavy (non-hydrogen) atoms. The van der Waals surface area contributed by atoms with Gasteiger partial charge in [-0.05, 0) is 18.6 Å². The number of benzene rings is 1. The monoisotopic (exact) mass is 251 g/mol. The van der Waals surface area contributed by atoms with Gasteiger partial charge >= 0.3 is 0 Å². The van der Waals surface area contributed by atoms with Crippen LogP contribution >= 0.6 is 0 Å². The molecule has 0 atom stereocenters. The molecule has 1 aromatic carbocycles. The van der Waals surface area contributed by atoms with Crippen molar-refractivity contribution in [3.8, 4) is 0 Å². The summed E-state index contributed by atoms with van der Waals surface area (Å²) in [5.41, 5.74) is 3.82. The molecule has 0 aliphatic heterocycles. The van der Waals surface area contributed by atoms with Crippen LogP contribution in [0.3, 0.4) is 0 Å². The van der Waals surface area contributed by atoms with Gasteiger partial charge in [0.2, 0.25) is 0 Å². The van der Waals surface area contributed by atoms with Crippen LogP contribution in [0.4, 0.5) is 0 Å². The molecule has 4 heteroatoms. The summed E-state index contributed by atoms with van der Waals surface area (Å²) in [6, 6.07) is 9.57. The molecule has 0 bridgehead atoms. The molecule has 3 aromatic rings. The molecule has 0 unspecified atom stereocenters. The van der Waals surface area contributed by atoms with Crippen molar-refractivity contribution in [2.75, 3.05) is 0 Å². The summed E-state index contributed by atoms with van der Waals surface area (Å²) in [5.74, 6) is 0.961. The van der Waals surface area contributed by atoms with E-state index in [1.807, 2.05) is 37.3 Å². The Hall–Kier alpha value is -2.49. The van der Waals surface area contributed by atoms with Crippen LogP contribution < -0.4 is 0 Å². The third-order valence-electron chi connectivity index (χ3n) is 3.20. The van der Waals surface area contributed by atoms with Gasteiger partial charge in [-0.2, -0.15) is 0 Å². The fraction of sp³-hybridized carbons (Fsp3) is 0.133. The van der Waals surface area contributed by atoms with E-state index in [-0.39, 0.29) is 0 Å². The van der Waals surface area contributed by atoms with Crippen LogP contribution in [0.25, 0.3) is 11.0 Å². The molecule has 0 aliphatic rings. The molecule has 0 spiro atoms. The number of aryl methyl sites for hydroxylation is 1. The largest absolute Gasteiger partial charge is 0.324 e. The second-order valence-electron chi connectivity index (χ2n) is 4.47. The number of aromatic nitrogens is 3. The van der Waals surface area contributed by atoms with Gasteiger partial charge in [0.1, 0.15) is 17.6 Å². The summed E-state index contributed by atoms with van der Waals surface area (Å²) in [6.45, 7) is 2.73. The van der Waals surface area contributed by atoms with Gasteiger partial charge in [0.15, 0.2) is 0 Å². The van der Waals surface area contributed by atoms with Gasteiger partial charge < -0.3 is 4.57 Å².